The first kappa shape index (κ1) is 18.0. The Kier molecular flexibility index (Phi) is 4.10. The summed E-state index contributed by atoms with van der Waals surface area (Å²) >= 11 is 0. The van der Waals surface area contributed by atoms with E-state index >= 15 is 0 Å². The summed E-state index contributed by atoms with van der Waals surface area (Å²) in [7, 11) is 1.78. The monoisotopic (exact) mass is 378 g/mol. The SMILES string of the molecule is Cc1noc(C)c1C1=Cc2c(n(C)c(=O)n2-c2cccc(C(N)=O)c2C)CC1. The van der Waals surface area contributed by atoms with E-state index in [1.165, 1.54) is 0 Å². The molecule has 1 amide bonds. The van der Waals surface area contributed by atoms with Crippen LogP contribution in [0.4, 0.5) is 0 Å². The number of aryl methyl sites for hydroxylation is 2. The van der Waals surface area contributed by atoms with Crippen LogP contribution in [0.2, 0.25) is 0 Å². The van der Waals surface area contributed by atoms with E-state index < -0.39 is 5.91 Å². The summed E-state index contributed by atoms with van der Waals surface area (Å²) in [5.74, 6) is 0.257. The molecule has 0 fully saturated rings. The lowest BCUT2D eigenvalue weighted by Crippen LogP contribution is -2.23. The Balaban J connectivity index is 1.99. The first-order chi connectivity index (χ1) is 13.3. The molecule has 1 aliphatic carbocycles. The average molecular weight is 378 g/mol. The summed E-state index contributed by atoms with van der Waals surface area (Å²) in [6.45, 7) is 5.62. The van der Waals surface area contributed by atoms with Crippen molar-refractivity contribution in [1.29, 1.82) is 0 Å². The molecule has 144 valence electrons. The van der Waals surface area contributed by atoms with E-state index in [9.17, 15) is 9.59 Å². The van der Waals surface area contributed by atoms with Crippen molar-refractivity contribution in [3.8, 4) is 5.69 Å². The maximum Gasteiger partial charge on any atom is 0.333 e. The van der Waals surface area contributed by atoms with Crippen LogP contribution >= 0.6 is 0 Å². The van der Waals surface area contributed by atoms with Crippen LogP contribution in [0.3, 0.4) is 0 Å². The molecule has 0 saturated carbocycles. The van der Waals surface area contributed by atoms with Gasteiger partial charge in [-0.05, 0) is 63.0 Å². The van der Waals surface area contributed by atoms with Gasteiger partial charge in [-0.1, -0.05) is 11.2 Å². The normalized spacial score (nSPS) is 13.4. The molecule has 28 heavy (non-hydrogen) atoms. The van der Waals surface area contributed by atoms with E-state index in [1.54, 1.807) is 28.3 Å². The number of hydrogen-bond acceptors (Lipinski definition) is 4. The van der Waals surface area contributed by atoms with Crippen molar-refractivity contribution in [2.45, 2.75) is 33.6 Å². The summed E-state index contributed by atoms with van der Waals surface area (Å²) in [6, 6.07) is 5.25. The van der Waals surface area contributed by atoms with Crippen LogP contribution in [0.25, 0.3) is 17.3 Å². The summed E-state index contributed by atoms with van der Waals surface area (Å²) in [5.41, 5.74) is 11.8. The van der Waals surface area contributed by atoms with Crippen molar-refractivity contribution in [3.63, 3.8) is 0 Å². The zero-order valence-corrected chi connectivity index (χ0v) is 16.4. The molecule has 1 aliphatic rings. The van der Waals surface area contributed by atoms with Gasteiger partial charge in [0.1, 0.15) is 5.76 Å². The second-order valence-corrected chi connectivity index (χ2v) is 7.19. The van der Waals surface area contributed by atoms with Crippen LogP contribution in [0, 0.1) is 20.8 Å². The second-order valence-electron chi connectivity index (χ2n) is 7.19. The number of rotatable bonds is 3. The molecule has 0 unspecified atom stereocenters. The topological polar surface area (TPSA) is 96.1 Å². The Labute approximate surface area is 162 Å². The molecule has 7 nitrogen and oxygen atoms in total. The lowest BCUT2D eigenvalue weighted by atomic mass is 9.92. The number of nitrogens with zero attached hydrogens (tertiary/aromatic N) is 3. The first-order valence-electron chi connectivity index (χ1n) is 9.15. The third-order valence-corrected chi connectivity index (χ3v) is 5.53. The Morgan fingerprint density at radius 2 is 1.96 bits per heavy atom. The van der Waals surface area contributed by atoms with E-state index in [4.69, 9.17) is 10.3 Å². The average Bonchev–Trinajstić information content (AvgIpc) is 3.12. The third-order valence-electron chi connectivity index (χ3n) is 5.53. The van der Waals surface area contributed by atoms with Gasteiger partial charge in [0, 0.05) is 23.9 Å². The number of hydrogen-bond donors (Lipinski definition) is 1. The lowest BCUT2D eigenvalue weighted by Gasteiger charge is -2.17. The number of amides is 1. The van der Waals surface area contributed by atoms with E-state index in [0.717, 1.165) is 46.8 Å². The molecule has 0 aliphatic heterocycles. The third kappa shape index (κ3) is 2.54. The zero-order valence-electron chi connectivity index (χ0n) is 16.4. The minimum Gasteiger partial charge on any atom is -0.366 e. The van der Waals surface area contributed by atoms with Crippen molar-refractivity contribution >= 4 is 17.6 Å². The molecule has 1 aromatic carbocycles. The Hall–Kier alpha value is -3.35. The number of fused-ring (bicyclic) bond motifs is 1. The van der Waals surface area contributed by atoms with Crippen molar-refractivity contribution in [1.82, 2.24) is 14.3 Å². The van der Waals surface area contributed by atoms with Gasteiger partial charge in [-0.15, -0.1) is 0 Å². The standard InChI is InChI=1S/C21H22N4O3/c1-11-15(20(22)26)6-5-7-16(11)25-18-10-14(19-12(2)23-28-13(19)3)8-9-17(18)24(4)21(25)27/h5-7,10H,8-9H2,1-4H3,(H2,22,26). The van der Waals surface area contributed by atoms with Gasteiger partial charge in [0.15, 0.2) is 0 Å². The molecule has 2 N–H and O–H groups in total. The smallest absolute Gasteiger partial charge is 0.333 e. The van der Waals surface area contributed by atoms with Gasteiger partial charge in [0.05, 0.1) is 17.1 Å². The van der Waals surface area contributed by atoms with E-state index in [-0.39, 0.29) is 5.69 Å². The molecule has 0 bridgehead atoms. The summed E-state index contributed by atoms with van der Waals surface area (Å²) in [4.78, 5) is 24.8. The summed E-state index contributed by atoms with van der Waals surface area (Å²) in [5, 5.41) is 4.05. The maximum absolute atomic E-state index is 13.1. The largest absolute Gasteiger partial charge is 0.366 e. The first-order valence-corrected chi connectivity index (χ1v) is 9.15. The molecule has 7 heteroatoms. The number of imidazole rings is 1. The molecule has 0 atom stereocenters. The van der Waals surface area contributed by atoms with Crippen LogP contribution in [-0.2, 0) is 13.5 Å². The fraction of sp³-hybridized carbons (Fsp3) is 0.286. The fourth-order valence-electron chi connectivity index (χ4n) is 4.11. The molecule has 2 aromatic heterocycles. The van der Waals surface area contributed by atoms with Gasteiger partial charge in [0.2, 0.25) is 5.91 Å². The second kappa shape index (κ2) is 6.37. The van der Waals surface area contributed by atoms with Gasteiger partial charge in [-0.3, -0.25) is 13.9 Å². The van der Waals surface area contributed by atoms with E-state index in [1.807, 2.05) is 32.9 Å². The fourth-order valence-corrected chi connectivity index (χ4v) is 4.11. The number of carbonyl (C=O) groups excluding carboxylic acids is 1. The molecular weight excluding hydrogens is 356 g/mol. The number of carbonyl (C=O) groups is 1. The molecular formula is C21H22N4O3. The highest BCUT2D eigenvalue weighted by molar-refractivity contribution is 5.95. The Bertz CT molecular complexity index is 1190. The van der Waals surface area contributed by atoms with Crippen LogP contribution in [0.5, 0.6) is 0 Å². The number of nitrogens with two attached hydrogens (primary N) is 1. The quantitative estimate of drug-likeness (QED) is 0.758. The van der Waals surface area contributed by atoms with Crippen LogP contribution in [0.15, 0.2) is 27.5 Å². The summed E-state index contributed by atoms with van der Waals surface area (Å²) < 4.78 is 8.66. The number of aromatic nitrogens is 3. The van der Waals surface area contributed by atoms with Crippen molar-refractivity contribution < 1.29 is 9.32 Å². The highest BCUT2D eigenvalue weighted by atomic mass is 16.5. The molecule has 0 saturated heterocycles. The minimum absolute atomic E-state index is 0.147. The molecule has 4 rings (SSSR count). The minimum atomic E-state index is -0.510. The van der Waals surface area contributed by atoms with Gasteiger partial charge in [-0.2, -0.15) is 0 Å². The van der Waals surface area contributed by atoms with Crippen molar-refractivity contribution in [2.75, 3.05) is 0 Å². The van der Waals surface area contributed by atoms with Crippen LogP contribution in [0.1, 0.15) is 50.7 Å². The number of allylic oxidation sites excluding steroid dienone is 1. The lowest BCUT2D eigenvalue weighted by molar-refractivity contribution is 0.0999. The molecule has 0 spiro atoms. The highest BCUT2D eigenvalue weighted by Gasteiger charge is 2.25. The predicted octanol–water partition coefficient (Wildman–Crippen LogP) is 2.67. The zero-order chi connectivity index (χ0) is 20.2. The highest BCUT2D eigenvalue weighted by Crippen LogP contribution is 2.34. The van der Waals surface area contributed by atoms with Gasteiger partial charge in [0.25, 0.3) is 0 Å². The molecule has 0 radical (unpaired) electrons. The Morgan fingerprint density at radius 1 is 1.21 bits per heavy atom. The maximum atomic E-state index is 13.1. The Morgan fingerprint density at radius 3 is 2.61 bits per heavy atom. The van der Waals surface area contributed by atoms with Gasteiger partial charge < -0.3 is 10.3 Å². The van der Waals surface area contributed by atoms with Crippen molar-refractivity contribution in [2.24, 2.45) is 12.8 Å². The van der Waals surface area contributed by atoms with Gasteiger partial charge >= 0.3 is 5.69 Å². The van der Waals surface area contributed by atoms with Crippen LogP contribution < -0.4 is 11.4 Å². The van der Waals surface area contributed by atoms with Crippen LogP contribution in [-0.4, -0.2) is 20.2 Å². The van der Waals surface area contributed by atoms with Crippen molar-refractivity contribution in [3.05, 3.63) is 68.2 Å². The summed E-state index contributed by atoms with van der Waals surface area (Å²) in [6.07, 6.45) is 3.56. The number of primary amides is 1. The van der Waals surface area contributed by atoms with E-state index in [0.29, 0.717) is 16.8 Å². The number of benzene rings is 1. The van der Waals surface area contributed by atoms with E-state index in [2.05, 4.69) is 5.16 Å². The molecule has 3 aromatic rings. The predicted molar refractivity (Wildman–Crippen MR) is 106 cm³/mol. The molecule has 2 heterocycles. The van der Waals surface area contributed by atoms with Gasteiger partial charge in [-0.25, -0.2) is 4.79 Å².